The lowest BCUT2D eigenvalue weighted by atomic mass is 9.81. The highest BCUT2D eigenvalue weighted by molar-refractivity contribution is 6.39. The third kappa shape index (κ3) is 13.3. The van der Waals surface area contributed by atoms with Gasteiger partial charge in [0.25, 0.3) is 5.91 Å². The first-order valence-electron chi connectivity index (χ1n) is 24.7. The summed E-state index contributed by atoms with van der Waals surface area (Å²) in [6.07, 6.45) is 2.91. The fraction of sp³-hybridized carbons (Fsp3) is 0.551. The van der Waals surface area contributed by atoms with Gasteiger partial charge < -0.3 is 58.8 Å². The van der Waals surface area contributed by atoms with Crippen LogP contribution in [0.5, 0.6) is 0 Å². The number of guanidine groups is 1. The third-order valence-electron chi connectivity index (χ3n) is 13.6. The van der Waals surface area contributed by atoms with Crippen LogP contribution in [-0.4, -0.2) is 134 Å². The number of Topliss-reactive ketones (excluding diaryl/α,β-unsaturated/α-hetero) is 2. The summed E-state index contributed by atoms with van der Waals surface area (Å²) in [5.41, 5.74) is 12.7. The van der Waals surface area contributed by atoms with E-state index in [0.717, 1.165) is 0 Å². The monoisotopic (exact) mass is 1010 g/mol. The number of ketones is 2. The number of carboxylic acid groups (broad SMARTS) is 1. The molecule has 2 unspecified atom stereocenters. The molecule has 394 valence electrons. The van der Waals surface area contributed by atoms with Crippen LogP contribution in [0.3, 0.4) is 0 Å². The van der Waals surface area contributed by atoms with Crippen molar-refractivity contribution in [3.8, 4) is 5.82 Å². The zero-order valence-corrected chi connectivity index (χ0v) is 41.8. The van der Waals surface area contributed by atoms with Crippen LogP contribution in [0, 0.1) is 23.7 Å². The summed E-state index contributed by atoms with van der Waals surface area (Å²) < 4.78 is 1.55. The van der Waals surface area contributed by atoms with E-state index < -0.39 is 125 Å². The minimum Gasteiger partial charge on any atom is -0.480 e. The summed E-state index contributed by atoms with van der Waals surface area (Å²) in [6, 6.07) is -2.95. The minimum atomic E-state index is -1.53. The van der Waals surface area contributed by atoms with E-state index in [1.165, 1.54) is 12.5 Å². The van der Waals surface area contributed by atoms with E-state index in [-0.39, 0.29) is 69.1 Å². The van der Waals surface area contributed by atoms with Crippen molar-refractivity contribution in [3.05, 3.63) is 47.5 Å². The minimum absolute atomic E-state index is 0.0161. The number of aliphatic imine (C=N–C) groups is 1. The van der Waals surface area contributed by atoms with Crippen LogP contribution in [-0.2, 0) is 60.8 Å². The second kappa shape index (κ2) is 23.7. The van der Waals surface area contributed by atoms with Gasteiger partial charge in [-0.1, -0.05) is 60.1 Å². The molecule has 9 atom stereocenters. The van der Waals surface area contributed by atoms with Gasteiger partial charge in [0, 0.05) is 54.4 Å². The van der Waals surface area contributed by atoms with Gasteiger partial charge in [-0.2, -0.15) is 0 Å². The van der Waals surface area contributed by atoms with Crippen LogP contribution in [0.4, 0.5) is 0 Å². The van der Waals surface area contributed by atoms with Crippen LogP contribution in [0.1, 0.15) is 103 Å². The summed E-state index contributed by atoms with van der Waals surface area (Å²) >= 11 is 0. The number of amides is 7. The maximum Gasteiger partial charge on any atom is 0.326 e. The molecule has 7 bridgehead atoms. The molecule has 0 radical (unpaired) electrons. The molecule has 24 heteroatoms. The van der Waals surface area contributed by atoms with Gasteiger partial charge >= 0.3 is 5.97 Å². The third-order valence-corrected chi connectivity index (χ3v) is 13.6. The fourth-order valence-corrected chi connectivity index (χ4v) is 9.65. The lowest BCUT2D eigenvalue weighted by Gasteiger charge is -2.33. The van der Waals surface area contributed by atoms with Gasteiger partial charge in [0.15, 0.2) is 11.7 Å². The first-order valence-corrected chi connectivity index (χ1v) is 24.7. The molecule has 6 heterocycles. The second-order valence-electron chi connectivity index (χ2n) is 19.9. The molecule has 73 heavy (non-hydrogen) atoms. The number of aromatic nitrogens is 3. The Morgan fingerprint density at radius 1 is 0.890 bits per heavy atom. The second-order valence-corrected chi connectivity index (χ2v) is 19.9. The van der Waals surface area contributed by atoms with Crippen LogP contribution in [0.2, 0.25) is 0 Å². The quantitative estimate of drug-likeness (QED) is 0.0245. The van der Waals surface area contributed by atoms with Gasteiger partial charge in [-0.3, -0.25) is 52.7 Å². The highest BCUT2D eigenvalue weighted by atomic mass is 16.4. The maximum absolute atomic E-state index is 15.2. The van der Waals surface area contributed by atoms with Crippen molar-refractivity contribution in [1.29, 1.82) is 0 Å². The molecule has 0 spiro atoms. The lowest BCUT2D eigenvalue weighted by molar-refractivity contribution is -0.142. The molecule has 4 aliphatic heterocycles. The predicted octanol–water partition coefficient (Wildman–Crippen LogP) is -0.991. The number of carbonyl (C=O) groups excluding carboxylic acids is 9. The van der Waals surface area contributed by atoms with E-state index in [2.05, 4.69) is 52.2 Å². The van der Waals surface area contributed by atoms with E-state index in [9.17, 15) is 48.3 Å². The lowest BCUT2D eigenvalue weighted by Crippen LogP contribution is -2.61. The number of aliphatic carboxylic acids is 1. The van der Waals surface area contributed by atoms with E-state index >= 15 is 4.79 Å². The van der Waals surface area contributed by atoms with Crippen LogP contribution < -0.4 is 48.7 Å². The fourth-order valence-electron chi connectivity index (χ4n) is 9.65. The summed E-state index contributed by atoms with van der Waals surface area (Å²) in [6.45, 7) is 10.1. The Hall–Kier alpha value is -7.66. The number of aromatic amines is 1. The SMILES string of the molecule is CCC(C)[C@@H]1NC(=O)[C@H](CC(C)C)NC(=O)[C@@H](NC(=O)C(=O)[C@@H]2CCC(=O)N2)[C@H](C(C)C)c2ccc3c4c([nH]c3c2)-n2cnc(c2)C[C@@H](C(=O)O)NC(=O)CNC(=O)[C@@H](CCCN=C(N)N)C(=O)C(C4)NC1=O. The number of hydrogen-bond acceptors (Lipinski definition) is 12. The molecule has 1 saturated heterocycles. The van der Waals surface area contributed by atoms with Gasteiger partial charge in [-0.25, -0.2) is 9.78 Å². The van der Waals surface area contributed by atoms with E-state index in [1.54, 1.807) is 36.6 Å². The Labute approximate surface area is 421 Å². The Morgan fingerprint density at radius 3 is 2.26 bits per heavy atom. The number of carbonyl (C=O) groups is 10. The zero-order chi connectivity index (χ0) is 53.4. The molecule has 2 aromatic heterocycles. The van der Waals surface area contributed by atoms with Crippen molar-refractivity contribution in [2.75, 3.05) is 13.1 Å². The van der Waals surface area contributed by atoms with Crippen molar-refractivity contribution in [2.45, 2.75) is 135 Å². The van der Waals surface area contributed by atoms with Crippen molar-refractivity contribution in [3.63, 3.8) is 0 Å². The summed E-state index contributed by atoms with van der Waals surface area (Å²) in [4.78, 5) is 151. The molecule has 24 nitrogen and oxygen atoms in total. The standard InChI is InChI=1S/C49H67N13O11/c1-7-24(6)38-45(69)58-32-18-29-27-11-10-25(37(23(4)5)39(46(70)59-33(15-22(2)3)44(68)60-38)61-47(71)41(66)30-12-13-35(63)55-30)16-31(27)57-42(29)62-20-26(54-21-62)17-34(48(72)73)56-36(64)19-53-43(67)28(40(32)65)9-8-14-52-49(50)51/h10-11,16,20-24,28,30,32-34,37-39,57H,7-9,12-15,17-19H2,1-6H3,(H,53,67)(H,55,63)(H,56,64)(H,58,69)(H,59,70)(H,60,68)(H,61,71)(H,72,73)(H4,50,51,52)/t24?,28-,30-,32?,33-,34-,37+,38-,39-/m0/s1. The molecule has 0 saturated carbocycles. The number of nitrogens with two attached hydrogens (primary N) is 2. The van der Waals surface area contributed by atoms with Crippen molar-refractivity contribution >= 4 is 75.7 Å². The molecule has 3 aromatic rings. The largest absolute Gasteiger partial charge is 0.480 e. The first kappa shape index (κ1) is 54.7. The number of nitrogens with one attached hydrogen (secondary N) is 8. The maximum atomic E-state index is 15.2. The number of carboxylic acids is 1. The van der Waals surface area contributed by atoms with Crippen molar-refractivity contribution in [2.24, 2.45) is 40.1 Å². The number of nitrogens with zero attached hydrogens (tertiary/aromatic N) is 3. The Balaban J connectivity index is 1.60. The molecule has 4 aliphatic rings. The Morgan fingerprint density at radius 2 is 1.62 bits per heavy atom. The smallest absolute Gasteiger partial charge is 0.326 e. The van der Waals surface area contributed by atoms with Crippen LogP contribution in [0.25, 0.3) is 16.7 Å². The summed E-state index contributed by atoms with van der Waals surface area (Å²) in [5.74, 6) is -12.2. The van der Waals surface area contributed by atoms with Crippen molar-refractivity contribution < 1.29 is 53.1 Å². The summed E-state index contributed by atoms with van der Waals surface area (Å²) in [5, 5.41) is 29.2. The molecule has 7 amide bonds. The molecule has 0 aliphatic carbocycles. The number of hydrogen-bond donors (Lipinski definition) is 11. The average Bonchev–Trinajstić information content (AvgIpc) is 4.08. The first-order chi connectivity index (χ1) is 34.6. The van der Waals surface area contributed by atoms with Gasteiger partial charge in [0.1, 0.15) is 36.3 Å². The van der Waals surface area contributed by atoms with E-state index in [0.29, 0.717) is 34.3 Å². The number of imidazole rings is 1. The van der Waals surface area contributed by atoms with Crippen LogP contribution >= 0.6 is 0 Å². The number of H-pyrrole nitrogens is 1. The van der Waals surface area contributed by atoms with Crippen molar-refractivity contribution in [1.82, 2.24) is 51.8 Å². The topological polar surface area (TPSA) is 373 Å². The predicted molar refractivity (Wildman–Crippen MR) is 264 cm³/mol. The Kier molecular flexibility index (Phi) is 17.8. The van der Waals surface area contributed by atoms with Gasteiger partial charge in [0.05, 0.1) is 30.2 Å². The molecule has 1 fully saturated rings. The zero-order valence-electron chi connectivity index (χ0n) is 41.8. The van der Waals surface area contributed by atoms with Gasteiger partial charge in [-0.05, 0) is 55.1 Å². The molecular formula is C49H67N13O11. The molecule has 1 aromatic carbocycles. The van der Waals surface area contributed by atoms with E-state index in [4.69, 9.17) is 11.5 Å². The average molecular weight is 1010 g/mol. The van der Waals surface area contributed by atoms with Gasteiger partial charge in [-0.15, -0.1) is 0 Å². The molecule has 7 rings (SSSR count). The van der Waals surface area contributed by atoms with Crippen LogP contribution in [0.15, 0.2) is 35.7 Å². The number of rotatable bonds is 13. The molecular weight excluding hydrogens is 947 g/mol. The highest BCUT2D eigenvalue weighted by Crippen LogP contribution is 2.35. The molecule has 13 N–H and O–H groups in total. The number of benzene rings is 1. The Bertz CT molecular complexity index is 2670. The normalized spacial score (nSPS) is 24.8. The highest BCUT2D eigenvalue weighted by Gasteiger charge is 2.42. The van der Waals surface area contributed by atoms with E-state index in [1.807, 2.05) is 27.7 Å². The summed E-state index contributed by atoms with van der Waals surface area (Å²) in [7, 11) is 0. The van der Waals surface area contributed by atoms with Gasteiger partial charge in [0.2, 0.25) is 41.2 Å². The number of fused-ring (bicyclic) bond motifs is 13.